The average molecular weight is 388 g/mol. The van der Waals surface area contributed by atoms with Crippen LogP contribution in [0.3, 0.4) is 0 Å². The zero-order valence-electron chi connectivity index (χ0n) is 17.3. The Hall–Kier alpha value is -3.08. The molecule has 0 spiro atoms. The van der Waals surface area contributed by atoms with Crippen molar-refractivity contribution >= 4 is 23.1 Å². The third-order valence-electron chi connectivity index (χ3n) is 5.42. The summed E-state index contributed by atoms with van der Waals surface area (Å²) in [6, 6.07) is 18.9. The molecule has 5 nitrogen and oxygen atoms in total. The van der Waals surface area contributed by atoms with E-state index in [9.17, 15) is 0 Å². The van der Waals surface area contributed by atoms with E-state index >= 15 is 0 Å². The summed E-state index contributed by atoms with van der Waals surface area (Å²) in [6.07, 6.45) is 3.92. The van der Waals surface area contributed by atoms with E-state index in [2.05, 4.69) is 81.0 Å². The van der Waals surface area contributed by atoms with Crippen molar-refractivity contribution in [3.63, 3.8) is 0 Å². The molecule has 0 unspecified atom stereocenters. The van der Waals surface area contributed by atoms with Crippen LogP contribution in [0.15, 0.2) is 54.6 Å². The highest BCUT2D eigenvalue weighted by atomic mass is 15.1. The van der Waals surface area contributed by atoms with Crippen LogP contribution >= 0.6 is 0 Å². The second-order valence-corrected chi connectivity index (χ2v) is 7.72. The van der Waals surface area contributed by atoms with Crippen molar-refractivity contribution in [3.8, 4) is 0 Å². The standard InChI is InChI=1S/C24H29N5/c1-18-8-4-5-9-20(18)17-25-23-16-19(2)26-24(28-23)27-21-10-12-22(13-11-21)29-14-6-3-7-15-29/h4-5,8-13,16H,3,6-7,14-15,17H2,1-2H3,(H2,25,26,27,28). The van der Waals surface area contributed by atoms with Gasteiger partial charge in [0.2, 0.25) is 5.95 Å². The van der Waals surface area contributed by atoms with E-state index in [0.717, 1.165) is 36.8 Å². The van der Waals surface area contributed by atoms with Gasteiger partial charge in [0.15, 0.2) is 0 Å². The van der Waals surface area contributed by atoms with Crippen LogP contribution in [0.5, 0.6) is 0 Å². The molecular weight excluding hydrogens is 358 g/mol. The molecule has 4 rings (SSSR count). The molecule has 0 atom stereocenters. The molecule has 3 aromatic rings. The maximum Gasteiger partial charge on any atom is 0.229 e. The lowest BCUT2D eigenvalue weighted by atomic mass is 10.1. The molecule has 1 fully saturated rings. The maximum absolute atomic E-state index is 4.64. The quantitative estimate of drug-likeness (QED) is 0.590. The van der Waals surface area contributed by atoms with Gasteiger partial charge in [-0.25, -0.2) is 4.98 Å². The monoisotopic (exact) mass is 387 g/mol. The van der Waals surface area contributed by atoms with Crippen molar-refractivity contribution in [2.75, 3.05) is 28.6 Å². The molecule has 0 bridgehead atoms. The molecule has 0 saturated carbocycles. The number of nitrogens with one attached hydrogen (secondary N) is 2. The minimum Gasteiger partial charge on any atom is -0.372 e. The Balaban J connectivity index is 1.42. The van der Waals surface area contributed by atoms with Gasteiger partial charge in [-0.3, -0.25) is 0 Å². The molecule has 2 aromatic carbocycles. The summed E-state index contributed by atoms with van der Waals surface area (Å²) in [4.78, 5) is 11.6. The van der Waals surface area contributed by atoms with Crippen LogP contribution in [0.1, 0.15) is 36.1 Å². The van der Waals surface area contributed by atoms with Crippen molar-refractivity contribution in [1.82, 2.24) is 9.97 Å². The SMILES string of the molecule is Cc1cc(NCc2ccccc2C)nc(Nc2ccc(N3CCCCC3)cc2)n1. The number of rotatable bonds is 6. The first-order chi connectivity index (χ1) is 14.2. The Morgan fingerprint density at radius 3 is 2.41 bits per heavy atom. The minimum absolute atomic E-state index is 0.614. The molecule has 29 heavy (non-hydrogen) atoms. The molecular formula is C24H29N5. The van der Waals surface area contributed by atoms with Gasteiger partial charge < -0.3 is 15.5 Å². The first-order valence-corrected chi connectivity index (χ1v) is 10.4. The first kappa shape index (κ1) is 19.2. The lowest BCUT2D eigenvalue weighted by Crippen LogP contribution is -2.29. The molecule has 0 aliphatic carbocycles. The van der Waals surface area contributed by atoms with Crippen LogP contribution in [0.2, 0.25) is 0 Å². The van der Waals surface area contributed by atoms with Crippen molar-refractivity contribution in [3.05, 3.63) is 71.4 Å². The molecule has 1 aliphatic rings. The summed E-state index contributed by atoms with van der Waals surface area (Å²) >= 11 is 0. The number of anilines is 4. The predicted octanol–water partition coefficient (Wildman–Crippen LogP) is 5.44. The molecule has 2 heterocycles. The number of aromatic nitrogens is 2. The number of hydrogen-bond donors (Lipinski definition) is 2. The van der Waals surface area contributed by atoms with Crippen molar-refractivity contribution < 1.29 is 0 Å². The van der Waals surface area contributed by atoms with Crippen LogP contribution in [-0.4, -0.2) is 23.1 Å². The third-order valence-corrected chi connectivity index (χ3v) is 5.42. The highest BCUT2D eigenvalue weighted by molar-refractivity contribution is 5.60. The molecule has 1 aliphatic heterocycles. The first-order valence-electron chi connectivity index (χ1n) is 10.4. The Kier molecular flexibility index (Phi) is 5.94. The topological polar surface area (TPSA) is 53.1 Å². The molecule has 150 valence electrons. The zero-order valence-corrected chi connectivity index (χ0v) is 17.3. The Bertz CT molecular complexity index is 946. The third kappa shape index (κ3) is 5.05. The van der Waals surface area contributed by atoms with Crippen LogP contribution in [0, 0.1) is 13.8 Å². The fourth-order valence-electron chi connectivity index (χ4n) is 3.75. The Morgan fingerprint density at radius 1 is 0.897 bits per heavy atom. The number of nitrogens with zero attached hydrogens (tertiary/aromatic N) is 3. The van der Waals surface area contributed by atoms with Gasteiger partial charge in [-0.1, -0.05) is 24.3 Å². The van der Waals surface area contributed by atoms with Crippen molar-refractivity contribution in [2.24, 2.45) is 0 Å². The lowest BCUT2D eigenvalue weighted by Gasteiger charge is -2.28. The van der Waals surface area contributed by atoms with E-state index in [4.69, 9.17) is 0 Å². The molecule has 2 N–H and O–H groups in total. The van der Waals surface area contributed by atoms with E-state index in [-0.39, 0.29) is 0 Å². The summed E-state index contributed by atoms with van der Waals surface area (Å²) in [5.41, 5.74) is 5.77. The highest BCUT2D eigenvalue weighted by Gasteiger charge is 2.11. The predicted molar refractivity (Wildman–Crippen MR) is 121 cm³/mol. The van der Waals surface area contributed by atoms with Gasteiger partial charge >= 0.3 is 0 Å². The molecule has 0 amide bonds. The Labute approximate surface area is 173 Å². The van der Waals surface area contributed by atoms with Crippen LogP contribution in [-0.2, 0) is 6.54 Å². The normalized spacial score (nSPS) is 13.9. The van der Waals surface area contributed by atoms with Crippen LogP contribution in [0.25, 0.3) is 0 Å². The van der Waals surface area contributed by atoms with E-state index in [1.165, 1.54) is 36.1 Å². The van der Waals surface area contributed by atoms with Gasteiger partial charge in [-0.05, 0) is 68.5 Å². The fourth-order valence-corrected chi connectivity index (χ4v) is 3.75. The zero-order chi connectivity index (χ0) is 20.1. The van der Waals surface area contributed by atoms with Gasteiger partial charge in [0.05, 0.1) is 0 Å². The smallest absolute Gasteiger partial charge is 0.229 e. The number of aryl methyl sites for hydroxylation is 2. The molecule has 5 heteroatoms. The van der Waals surface area contributed by atoms with E-state index in [0.29, 0.717) is 5.95 Å². The van der Waals surface area contributed by atoms with Gasteiger partial charge in [0.1, 0.15) is 5.82 Å². The molecule has 0 radical (unpaired) electrons. The number of piperidine rings is 1. The van der Waals surface area contributed by atoms with Gasteiger partial charge in [-0.15, -0.1) is 0 Å². The van der Waals surface area contributed by atoms with Gasteiger partial charge in [0.25, 0.3) is 0 Å². The van der Waals surface area contributed by atoms with Crippen molar-refractivity contribution in [2.45, 2.75) is 39.7 Å². The van der Waals surface area contributed by atoms with E-state index in [1.54, 1.807) is 0 Å². The number of hydrogen-bond acceptors (Lipinski definition) is 5. The summed E-state index contributed by atoms with van der Waals surface area (Å²) in [7, 11) is 0. The second kappa shape index (κ2) is 8.95. The number of benzene rings is 2. The van der Waals surface area contributed by atoms with Gasteiger partial charge in [-0.2, -0.15) is 4.98 Å². The van der Waals surface area contributed by atoms with Crippen molar-refractivity contribution in [1.29, 1.82) is 0 Å². The summed E-state index contributed by atoms with van der Waals surface area (Å²) in [5, 5.41) is 6.77. The Morgan fingerprint density at radius 2 is 1.66 bits per heavy atom. The van der Waals surface area contributed by atoms with Crippen LogP contribution < -0.4 is 15.5 Å². The second-order valence-electron chi connectivity index (χ2n) is 7.72. The minimum atomic E-state index is 0.614. The summed E-state index contributed by atoms with van der Waals surface area (Å²) < 4.78 is 0. The molecule has 1 aromatic heterocycles. The largest absolute Gasteiger partial charge is 0.372 e. The van der Waals surface area contributed by atoms with E-state index < -0.39 is 0 Å². The fraction of sp³-hybridized carbons (Fsp3) is 0.333. The summed E-state index contributed by atoms with van der Waals surface area (Å²) in [6.45, 7) is 7.18. The highest BCUT2D eigenvalue weighted by Crippen LogP contribution is 2.23. The van der Waals surface area contributed by atoms with Crippen LogP contribution in [0.4, 0.5) is 23.1 Å². The molecule has 1 saturated heterocycles. The lowest BCUT2D eigenvalue weighted by molar-refractivity contribution is 0.578. The van der Waals surface area contributed by atoms with Gasteiger partial charge in [0, 0.05) is 42.8 Å². The average Bonchev–Trinajstić information content (AvgIpc) is 2.74. The summed E-state index contributed by atoms with van der Waals surface area (Å²) in [5.74, 6) is 1.44. The maximum atomic E-state index is 4.64. The van der Waals surface area contributed by atoms with E-state index in [1.807, 2.05) is 13.0 Å².